The van der Waals surface area contributed by atoms with Crippen molar-refractivity contribution in [3.63, 3.8) is 0 Å². The number of likely N-dealkylation sites (tertiary alicyclic amines) is 1. The maximum atomic E-state index is 5.83. The Morgan fingerprint density at radius 2 is 2.05 bits per heavy atom. The highest BCUT2D eigenvalue weighted by atomic mass is 79.9. The molecule has 3 aliphatic rings. The van der Waals surface area contributed by atoms with Crippen LogP contribution >= 0.6 is 15.9 Å². The van der Waals surface area contributed by atoms with Crippen LogP contribution < -0.4 is 10.1 Å². The fraction of sp³-hybridized carbons (Fsp3) is 0.625. The Hall–Kier alpha value is -0.620. The maximum Gasteiger partial charge on any atom is 0.127 e. The highest BCUT2D eigenvalue weighted by molar-refractivity contribution is 9.10. The lowest BCUT2D eigenvalue weighted by molar-refractivity contribution is 0.0219. The van der Waals surface area contributed by atoms with E-state index in [2.05, 4.69) is 43.2 Å². The van der Waals surface area contributed by atoms with Crippen molar-refractivity contribution < 1.29 is 4.74 Å². The highest BCUT2D eigenvalue weighted by Crippen LogP contribution is 2.34. The van der Waals surface area contributed by atoms with Crippen LogP contribution in [0.3, 0.4) is 0 Å². The molecule has 0 unspecified atom stereocenters. The Morgan fingerprint density at radius 3 is 2.86 bits per heavy atom. The molecule has 0 aliphatic carbocycles. The summed E-state index contributed by atoms with van der Waals surface area (Å²) < 4.78 is 7.01. The van der Waals surface area contributed by atoms with Crippen LogP contribution in [0.5, 0.6) is 5.75 Å². The van der Waals surface area contributed by atoms with Crippen molar-refractivity contribution >= 4 is 15.9 Å². The van der Waals surface area contributed by atoms with E-state index in [-0.39, 0.29) is 0 Å². The Kier molecular flexibility index (Phi) is 3.92. The van der Waals surface area contributed by atoms with Gasteiger partial charge in [-0.05, 0) is 17.7 Å². The minimum absolute atomic E-state index is 0.758. The van der Waals surface area contributed by atoms with Gasteiger partial charge in [0.05, 0.1) is 6.61 Å². The molecule has 0 atom stereocenters. The zero-order valence-corrected chi connectivity index (χ0v) is 13.9. The molecule has 2 saturated heterocycles. The van der Waals surface area contributed by atoms with Crippen LogP contribution in [-0.2, 0) is 13.0 Å². The van der Waals surface area contributed by atoms with Crippen LogP contribution in [0, 0.1) is 0 Å². The summed E-state index contributed by atoms with van der Waals surface area (Å²) >= 11 is 3.63. The number of hydrogen-bond acceptors (Lipinski definition) is 4. The first kappa shape index (κ1) is 14.0. The van der Waals surface area contributed by atoms with Crippen molar-refractivity contribution in [2.45, 2.75) is 19.0 Å². The number of fused-ring (bicyclic) bond motifs is 1. The van der Waals surface area contributed by atoms with Crippen molar-refractivity contribution in [1.29, 1.82) is 0 Å². The highest BCUT2D eigenvalue weighted by Gasteiger charge is 2.33. The molecular weight excluding hydrogens is 330 g/mol. The maximum absolute atomic E-state index is 5.83. The van der Waals surface area contributed by atoms with Gasteiger partial charge in [0.15, 0.2) is 0 Å². The zero-order valence-electron chi connectivity index (χ0n) is 12.3. The molecule has 0 amide bonds. The molecule has 0 bridgehead atoms. The third kappa shape index (κ3) is 2.84. The van der Waals surface area contributed by atoms with Gasteiger partial charge in [0.25, 0.3) is 0 Å². The summed E-state index contributed by atoms with van der Waals surface area (Å²) in [6.07, 6.45) is 1.05. The summed E-state index contributed by atoms with van der Waals surface area (Å²) in [5.74, 6) is 1.14. The van der Waals surface area contributed by atoms with E-state index >= 15 is 0 Å². The number of benzene rings is 1. The molecule has 0 radical (unpaired) electrons. The van der Waals surface area contributed by atoms with Gasteiger partial charge in [-0.3, -0.25) is 9.80 Å². The average molecular weight is 352 g/mol. The van der Waals surface area contributed by atoms with Crippen LogP contribution in [0.25, 0.3) is 0 Å². The van der Waals surface area contributed by atoms with Gasteiger partial charge in [0.1, 0.15) is 5.75 Å². The smallest absolute Gasteiger partial charge is 0.127 e. The van der Waals surface area contributed by atoms with Gasteiger partial charge in [-0.2, -0.15) is 0 Å². The Morgan fingerprint density at radius 1 is 1.24 bits per heavy atom. The second-order valence-corrected chi connectivity index (χ2v) is 7.20. The summed E-state index contributed by atoms with van der Waals surface area (Å²) in [5, 5.41) is 3.43. The Balaban J connectivity index is 1.38. The van der Waals surface area contributed by atoms with Crippen molar-refractivity contribution in [2.75, 3.05) is 45.9 Å². The average Bonchev–Trinajstić information content (AvgIpc) is 2.91. The van der Waals surface area contributed by atoms with E-state index in [9.17, 15) is 0 Å². The summed E-state index contributed by atoms with van der Waals surface area (Å²) in [6, 6.07) is 5.18. The van der Waals surface area contributed by atoms with Crippen molar-refractivity contribution in [2.24, 2.45) is 0 Å². The number of halogens is 1. The molecule has 1 aromatic carbocycles. The number of piperazine rings is 1. The molecular formula is C16H22BrN3O. The normalized spacial score (nSPS) is 23.7. The lowest BCUT2D eigenvalue weighted by Gasteiger charge is -2.47. The molecule has 5 heteroatoms. The summed E-state index contributed by atoms with van der Waals surface area (Å²) in [6.45, 7) is 8.93. The second-order valence-electron chi connectivity index (χ2n) is 6.29. The van der Waals surface area contributed by atoms with Crippen LogP contribution in [0.2, 0.25) is 0 Å². The van der Waals surface area contributed by atoms with Gasteiger partial charge < -0.3 is 10.1 Å². The number of rotatable bonds is 3. The van der Waals surface area contributed by atoms with Crippen LogP contribution in [0.1, 0.15) is 11.1 Å². The number of nitrogens with one attached hydrogen (secondary N) is 1. The first-order valence-corrected chi connectivity index (χ1v) is 8.70. The Bertz CT molecular complexity index is 524. The summed E-state index contributed by atoms with van der Waals surface area (Å²) in [4.78, 5) is 5.17. The lowest BCUT2D eigenvalue weighted by atomic mass is 10.0. The van der Waals surface area contributed by atoms with Crippen molar-refractivity contribution in [1.82, 2.24) is 15.1 Å². The first-order valence-electron chi connectivity index (χ1n) is 7.91. The number of nitrogens with zero attached hydrogens (tertiary/aromatic N) is 2. The Labute approximate surface area is 134 Å². The van der Waals surface area contributed by atoms with E-state index in [1.807, 2.05) is 0 Å². The molecule has 4 nitrogen and oxygen atoms in total. The minimum Gasteiger partial charge on any atom is -0.493 e. The van der Waals surface area contributed by atoms with Gasteiger partial charge >= 0.3 is 0 Å². The predicted molar refractivity (Wildman–Crippen MR) is 86.8 cm³/mol. The standard InChI is InChI=1S/C16H22BrN3O/c17-14-7-12-1-6-21-16(12)13(8-14)9-19-10-15(11-19)20-4-2-18-3-5-20/h7-8,15,18H,1-6,9-11H2. The number of ether oxygens (including phenoxy) is 1. The molecule has 0 saturated carbocycles. The third-order valence-electron chi connectivity index (χ3n) is 4.83. The van der Waals surface area contributed by atoms with E-state index in [0.29, 0.717) is 0 Å². The molecule has 0 spiro atoms. The van der Waals surface area contributed by atoms with Gasteiger partial charge in [0, 0.05) is 68.3 Å². The predicted octanol–water partition coefficient (Wildman–Crippen LogP) is 1.47. The molecule has 114 valence electrons. The van der Waals surface area contributed by atoms with Crippen LogP contribution in [-0.4, -0.2) is 61.7 Å². The molecule has 21 heavy (non-hydrogen) atoms. The molecule has 4 rings (SSSR count). The van der Waals surface area contributed by atoms with Crippen molar-refractivity contribution in [3.8, 4) is 5.75 Å². The van der Waals surface area contributed by atoms with Gasteiger partial charge in [0.2, 0.25) is 0 Å². The molecule has 1 aromatic rings. The monoisotopic (exact) mass is 351 g/mol. The van der Waals surface area contributed by atoms with E-state index in [1.165, 1.54) is 41.8 Å². The zero-order chi connectivity index (χ0) is 14.2. The third-order valence-corrected chi connectivity index (χ3v) is 5.28. The van der Waals surface area contributed by atoms with E-state index in [4.69, 9.17) is 4.74 Å². The van der Waals surface area contributed by atoms with E-state index < -0.39 is 0 Å². The first-order chi connectivity index (χ1) is 10.3. The van der Waals surface area contributed by atoms with Gasteiger partial charge in [-0.15, -0.1) is 0 Å². The van der Waals surface area contributed by atoms with Gasteiger partial charge in [-0.1, -0.05) is 15.9 Å². The fourth-order valence-electron chi connectivity index (χ4n) is 3.65. The molecule has 0 aromatic heterocycles. The second kappa shape index (κ2) is 5.88. The van der Waals surface area contributed by atoms with E-state index in [0.717, 1.165) is 44.5 Å². The van der Waals surface area contributed by atoms with Gasteiger partial charge in [-0.25, -0.2) is 0 Å². The quantitative estimate of drug-likeness (QED) is 0.892. The topological polar surface area (TPSA) is 27.7 Å². The minimum atomic E-state index is 0.758. The van der Waals surface area contributed by atoms with Crippen molar-refractivity contribution in [3.05, 3.63) is 27.7 Å². The lowest BCUT2D eigenvalue weighted by Crippen LogP contribution is -2.62. The molecule has 2 fully saturated rings. The fourth-order valence-corrected chi connectivity index (χ4v) is 4.21. The van der Waals surface area contributed by atoms with Crippen LogP contribution in [0.15, 0.2) is 16.6 Å². The summed E-state index contributed by atoms with van der Waals surface area (Å²) in [7, 11) is 0. The van der Waals surface area contributed by atoms with E-state index in [1.54, 1.807) is 0 Å². The molecule has 1 N–H and O–H groups in total. The largest absolute Gasteiger partial charge is 0.493 e. The molecule has 3 aliphatic heterocycles. The molecule has 3 heterocycles. The van der Waals surface area contributed by atoms with Crippen LogP contribution in [0.4, 0.5) is 0 Å². The SMILES string of the molecule is Brc1cc2c(c(CN3CC(N4CCNCC4)C3)c1)OCC2. The number of hydrogen-bond donors (Lipinski definition) is 1. The summed E-state index contributed by atoms with van der Waals surface area (Å²) in [5.41, 5.74) is 2.70.